The third-order valence-electron chi connectivity index (χ3n) is 0.703. The first-order valence-corrected chi connectivity index (χ1v) is 2.61. The highest BCUT2D eigenvalue weighted by Gasteiger charge is 1.98. The van der Waals surface area contributed by atoms with Crippen LogP contribution in [0, 0.1) is 11.5 Å². The number of halogens is 2. The van der Waals surface area contributed by atoms with Crippen molar-refractivity contribution in [3.05, 3.63) is 0 Å². The van der Waals surface area contributed by atoms with E-state index in [0.717, 1.165) is 0 Å². The molecule has 0 aliphatic heterocycles. The molecule has 0 atom stereocenters. The van der Waals surface area contributed by atoms with Gasteiger partial charge in [-0.1, -0.05) is 0 Å². The Morgan fingerprint density at radius 1 is 1.80 bits per heavy atom. The number of nitrogens with one attached hydrogen (secondary N) is 1. The maximum Gasteiger partial charge on any atom is 0.257 e. The molecule has 0 aliphatic rings. The average Bonchev–Trinajstić information content (AvgIpc) is 1.85. The van der Waals surface area contributed by atoms with Crippen molar-refractivity contribution in [2.24, 2.45) is 4.99 Å². The van der Waals surface area contributed by atoms with Crippen LogP contribution in [0.3, 0.4) is 0 Å². The van der Waals surface area contributed by atoms with Crippen molar-refractivity contribution in [2.75, 3.05) is 6.54 Å². The summed E-state index contributed by atoms with van der Waals surface area (Å²) in [6, 6.07) is 0. The highest BCUT2D eigenvalue weighted by atomic mass is 19.3. The second-order valence-corrected chi connectivity index (χ2v) is 1.55. The summed E-state index contributed by atoms with van der Waals surface area (Å²) in [5.41, 5.74) is 0. The molecular weight excluding hydrogens is 140 g/mol. The Kier molecular flexibility index (Phi) is 4.12. The highest BCUT2D eigenvalue weighted by Crippen LogP contribution is 1.91. The number of nitrogens with zero attached hydrogens (tertiary/aromatic N) is 2. The van der Waals surface area contributed by atoms with Gasteiger partial charge in [0.2, 0.25) is 0 Å². The zero-order valence-corrected chi connectivity index (χ0v) is 5.43. The molecule has 0 amide bonds. The van der Waals surface area contributed by atoms with Gasteiger partial charge in [0.15, 0.2) is 6.19 Å². The van der Waals surface area contributed by atoms with Crippen LogP contribution in [0.25, 0.3) is 0 Å². The molecule has 5 heteroatoms. The lowest BCUT2D eigenvalue weighted by Crippen LogP contribution is -2.14. The van der Waals surface area contributed by atoms with Crippen molar-refractivity contribution >= 4 is 5.84 Å². The second kappa shape index (κ2) is 4.68. The molecule has 3 nitrogen and oxygen atoms in total. The van der Waals surface area contributed by atoms with Crippen LogP contribution in [0.5, 0.6) is 0 Å². The van der Waals surface area contributed by atoms with Gasteiger partial charge >= 0.3 is 0 Å². The van der Waals surface area contributed by atoms with Crippen LogP contribution in [0.15, 0.2) is 4.99 Å². The quantitative estimate of drug-likeness (QED) is 0.271. The summed E-state index contributed by atoms with van der Waals surface area (Å²) < 4.78 is 22.8. The fraction of sp³-hybridized carbons (Fsp3) is 0.600. The summed E-state index contributed by atoms with van der Waals surface area (Å²) >= 11 is 0. The molecule has 0 saturated carbocycles. The molecule has 0 unspecified atom stereocenters. The lowest BCUT2D eigenvalue weighted by Gasteiger charge is -1.94. The molecule has 0 heterocycles. The third kappa shape index (κ3) is 4.97. The average molecular weight is 147 g/mol. The van der Waals surface area contributed by atoms with Crippen LogP contribution in [0.1, 0.15) is 6.92 Å². The summed E-state index contributed by atoms with van der Waals surface area (Å²) in [4.78, 5) is 3.35. The zero-order valence-electron chi connectivity index (χ0n) is 5.43. The van der Waals surface area contributed by atoms with Crippen molar-refractivity contribution in [1.29, 1.82) is 5.26 Å². The summed E-state index contributed by atoms with van der Waals surface area (Å²) in [6.07, 6.45) is -0.883. The number of hydrogen-bond donors (Lipinski definition) is 1. The molecule has 0 bridgehead atoms. The van der Waals surface area contributed by atoms with Crippen LogP contribution in [0.2, 0.25) is 0 Å². The maximum atomic E-state index is 11.4. The number of nitriles is 1. The molecule has 10 heavy (non-hydrogen) atoms. The van der Waals surface area contributed by atoms with E-state index < -0.39 is 13.0 Å². The number of aliphatic imine (C=N–C) groups is 1. The number of rotatable bonds is 2. The smallest absolute Gasteiger partial charge is 0.257 e. The molecule has 0 rings (SSSR count). The van der Waals surface area contributed by atoms with E-state index in [4.69, 9.17) is 5.26 Å². The lowest BCUT2D eigenvalue weighted by atomic mass is 10.6. The standard InChI is InChI=1S/C5H7F2N3/c1-4(10-3-8)9-2-5(6)7/h5H,2H2,1H3,(H,9,10). The molecular formula is C5H7F2N3. The van der Waals surface area contributed by atoms with E-state index in [-0.39, 0.29) is 5.84 Å². The van der Waals surface area contributed by atoms with E-state index in [1.165, 1.54) is 6.92 Å². The van der Waals surface area contributed by atoms with Crippen molar-refractivity contribution < 1.29 is 8.78 Å². The van der Waals surface area contributed by atoms with Gasteiger partial charge in [0.25, 0.3) is 6.43 Å². The van der Waals surface area contributed by atoms with Crippen molar-refractivity contribution in [1.82, 2.24) is 5.32 Å². The summed E-state index contributed by atoms with van der Waals surface area (Å²) in [5.74, 6) is 0.211. The summed E-state index contributed by atoms with van der Waals surface area (Å²) in [5, 5.41) is 10.1. The van der Waals surface area contributed by atoms with Crippen LogP contribution >= 0.6 is 0 Å². The molecule has 0 aromatic heterocycles. The molecule has 56 valence electrons. The van der Waals surface area contributed by atoms with Crippen molar-refractivity contribution in [3.63, 3.8) is 0 Å². The minimum absolute atomic E-state index is 0.211. The van der Waals surface area contributed by atoms with Crippen LogP contribution in [0.4, 0.5) is 8.78 Å². The van der Waals surface area contributed by atoms with E-state index in [1.54, 1.807) is 6.19 Å². The van der Waals surface area contributed by atoms with E-state index in [0.29, 0.717) is 0 Å². The number of hydrogen-bond acceptors (Lipinski definition) is 2. The number of amidine groups is 1. The molecule has 0 radical (unpaired) electrons. The molecule has 0 saturated heterocycles. The Morgan fingerprint density at radius 2 is 2.40 bits per heavy atom. The first-order valence-electron chi connectivity index (χ1n) is 2.61. The Balaban J connectivity index is 3.60. The van der Waals surface area contributed by atoms with E-state index in [1.807, 2.05) is 0 Å². The molecule has 0 aromatic rings. The minimum Gasteiger partial charge on any atom is -0.281 e. The predicted molar refractivity (Wildman–Crippen MR) is 32.7 cm³/mol. The largest absolute Gasteiger partial charge is 0.281 e. The van der Waals surface area contributed by atoms with Crippen molar-refractivity contribution in [3.8, 4) is 6.19 Å². The third-order valence-corrected chi connectivity index (χ3v) is 0.703. The van der Waals surface area contributed by atoms with Gasteiger partial charge in [-0.25, -0.2) is 8.78 Å². The minimum atomic E-state index is -2.45. The van der Waals surface area contributed by atoms with Gasteiger partial charge in [-0.2, -0.15) is 5.26 Å². The highest BCUT2D eigenvalue weighted by molar-refractivity contribution is 5.80. The maximum absolute atomic E-state index is 11.4. The van der Waals surface area contributed by atoms with Gasteiger partial charge < -0.3 is 0 Å². The van der Waals surface area contributed by atoms with Gasteiger partial charge in [0.05, 0.1) is 0 Å². The first-order chi connectivity index (χ1) is 4.66. The molecule has 0 aromatic carbocycles. The summed E-state index contributed by atoms with van der Waals surface area (Å²) in [6.45, 7) is 0.895. The molecule has 0 spiro atoms. The van der Waals surface area contributed by atoms with E-state index >= 15 is 0 Å². The predicted octanol–water partition coefficient (Wildman–Crippen LogP) is 0.741. The van der Waals surface area contributed by atoms with Gasteiger partial charge in [-0.05, 0) is 6.92 Å². The Bertz CT molecular complexity index is 159. The Hall–Kier alpha value is -1.18. The molecule has 0 fully saturated rings. The Labute approximate surface area is 57.4 Å². The van der Waals surface area contributed by atoms with Gasteiger partial charge in [0, 0.05) is 0 Å². The monoisotopic (exact) mass is 147 g/mol. The summed E-state index contributed by atoms with van der Waals surface area (Å²) in [7, 11) is 0. The lowest BCUT2D eigenvalue weighted by molar-refractivity contribution is 0.158. The normalized spacial score (nSPS) is 11.3. The Morgan fingerprint density at radius 3 is 2.80 bits per heavy atom. The van der Waals surface area contributed by atoms with Crippen LogP contribution < -0.4 is 5.32 Å². The van der Waals surface area contributed by atoms with E-state index in [9.17, 15) is 8.78 Å². The van der Waals surface area contributed by atoms with Crippen molar-refractivity contribution in [2.45, 2.75) is 13.3 Å². The molecule has 1 N–H and O–H groups in total. The van der Waals surface area contributed by atoms with Crippen LogP contribution in [-0.4, -0.2) is 18.8 Å². The topological polar surface area (TPSA) is 48.2 Å². The molecule has 0 aliphatic carbocycles. The fourth-order valence-corrected chi connectivity index (χ4v) is 0.326. The second-order valence-electron chi connectivity index (χ2n) is 1.55. The zero-order chi connectivity index (χ0) is 7.98. The van der Waals surface area contributed by atoms with Gasteiger partial charge in [0.1, 0.15) is 12.4 Å². The van der Waals surface area contributed by atoms with Crippen LogP contribution in [-0.2, 0) is 0 Å². The first kappa shape index (κ1) is 8.82. The van der Waals surface area contributed by atoms with Gasteiger partial charge in [-0.15, -0.1) is 0 Å². The van der Waals surface area contributed by atoms with Gasteiger partial charge in [-0.3, -0.25) is 10.3 Å². The SMILES string of the molecule is CC(=NCC(F)F)NC#N. The number of alkyl halides is 2. The fourth-order valence-electron chi connectivity index (χ4n) is 0.326. The van der Waals surface area contributed by atoms with E-state index in [2.05, 4.69) is 10.3 Å².